The molecule has 2 heterocycles. The maximum atomic E-state index is 13.8. The van der Waals surface area contributed by atoms with E-state index in [0.29, 0.717) is 39.0 Å². The van der Waals surface area contributed by atoms with Gasteiger partial charge >= 0.3 is 0 Å². The number of methoxy groups -OCH3 is 1. The number of ether oxygens (including phenoxy) is 1. The van der Waals surface area contributed by atoms with E-state index in [0.717, 1.165) is 24.0 Å². The first-order valence-corrected chi connectivity index (χ1v) is 8.21. The first-order chi connectivity index (χ1) is 12.1. The van der Waals surface area contributed by atoms with Crippen LogP contribution >= 0.6 is 0 Å². The van der Waals surface area contributed by atoms with Crippen LogP contribution in [0.3, 0.4) is 0 Å². The van der Waals surface area contributed by atoms with Gasteiger partial charge in [0, 0.05) is 32.7 Å². The van der Waals surface area contributed by atoms with Gasteiger partial charge in [-0.05, 0) is 31.0 Å². The second kappa shape index (κ2) is 7.69. The largest absolute Gasteiger partial charge is 0.384 e. The smallest absolute Gasteiger partial charge is 0.256 e. The van der Waals surface area contributed by atoms with Gasteiger partial charge in [-0.3, -0.25) is 4.79 Å². The number of benzene rings is 1. The molecular weight excluding hydrogens is 330 g/mol. The van der Waals surface area contributed by atoms with Crippen LogP contribution in [0, 0.1) is 11.6 Å². The molecule has 1 aliphatic rings. The third-order valence-corrected chi connectivity index (χ3v) is 4.48. The van der Waals surface area contributed by atoms with Gasteiger partial charge < -0.3 is 14.2 Å². The molecule has 0 atom stereocenters. The molecule has 134 valence electrons. The summed E-state index contributed by atoms with van der Waals surface area (Å²) in [7, 11) is 1.64. The SMILES string of the molecule is COCCc1nncn1C1CCN(C(=O)c2cc(F)ccc2F)CC1. The Morgan fingerprint density at radius 1 is 1.32 bits per heavy atom. The molecule has 25 heavy (non-hydrogen) atoms. The zero-order chi connectivity index (χ0) is 17.8. The topological polar surface area (TPSA) is 60.3 Å². The molecule has 1 aromatic heterocycles. The van der Waals surface area contributed by atoms with E-state index in [1.807, 2.05) is 4.57 Å². The average Bonchev–Trinajstić information content (AvgIpc) is 3.10. The highest BCUT2D eigenvalue weighted by Gasteiger charge is 2.27. The number of hydrogen-bond donors (Lipinski definition) is 0. The average molecular weight is 350 g/mol. The van der Waals surface area contributed by atoms with Crippen molar-refractivity contribution in [1.29, 1.82) is 0 Å². The molecular formula is C17H20F2N4O2. The van der Waals surface area contributed by atoms with Gasteiger partial charge in [0.1, 0.15) is 23.8 Å². The zero-order valence-electron chi connectivity index (χ0n) is 14.0. The van der Waals surface area contributed by atoms with Crippen molar-refractivity contribution in [3.8, 4) is 0 Å². The molecule has 8 heteroatoms. The molecule has 1 aliphatic heterocycles. The van der Waals surface area contributed by atoms with Gasteiger partial charge in [-0.25, -0.2) is 8.78 Å². The Labute approximate surface area is 144 Å². The third-order valence-electron chi connectivity index (χ3n) is 4.48. The van der Waals surface area contributed by atoms with Gasteiger partial charge in [0.05, 0.1) is 12.2 Å². The van der Waals surface area contributed by atoms with Crippen LogP contribution in [0.25, 0.3) is 0 Å². The number of nitrogens with zero attached hydrogens (tertiary/aromatic N) is 4. The second-order valence-electron chi connectivity index (χ2n) is 6.04. The molecule has 6 nitrogen and oxygen atoms in total. The molecule has 0 aliphatic carbocycles. The fraction of sp³-hybridized carbons (Fsp3) is 0.471. The number of hydrogen-bond acceptors (Lipinski definition) is 4. The number of piperidine rings is 1. The number of carbonyl (C=O) groups excluding carboxylic acids is 1. The minimum absolute atomic E-state index is 0.184. The lowest BCUT2D eigenvalue weighted by Crippen LogP contribution is -2.39. The first-order valence-electron chi connectivity index (χ1n) is 8.21. The summed E-state index contributed by atoms with van der Waals surface area (Å²) in [4.78, 5) is 14.0. The Kier molecular flexibility index (Phi) is 5.37. The minimum Gasteiger partial charge on any atom is -0.384 e. The summed E-state index contributed by atoms with van der Waals surface area (Å²) in [6.07, 6.45) is 3.78. The lowest BCUT2D eigenvalue weighted by Gasteiger charge is -2.33. The van der Waals surface area contributed by atoms with Crippen molar-refractivity contribution in [2.45, 2.75) is 25.3 Å². The molecule has 0 unspecified atom stereocenters. The van der Waals surface area contributed by atoms with Crippen molar-refractivity contribution in [1.82, 2.24) is 19.7 Å². The summed E-state index contributed by atoms with van der Waals surface area (Å²) in [6.45, 7) is 1.51. The minimum atomic E-state index is -0.700. The highest BCUT2D eigenvalue weighted by Crippen LogP contribution is 2.25. The lowest BCUT2D eigenvalue weighted by molar-refractivity contribution is 0.0688. The predicted molar refractivity (Wildman–Crippen MR) is 86.1 cm³/mol. The van der Waals surface area contributed by atoms with Gasteiger partial charge in [0.25, 0.3) is 5.91 Å². The quantitative estimate of drug-likeness (QED) is 0.830. The monoisotopic (exact) mass is 350 g/mol. The number of rotatable bonds is 5. The number of likely N-dealkylation sites (tertiary alicyclic amines) is 1. The molecule has 2 aromatic rings. The molecule has 0 radical (unpaired) electrons. The molecule has 1 fully saturated rings. The molecule has 1 amide bonds. The van der Waals surface area contributed by atoms with Gasteiger partial charge in [-0.15, -0.1) is 10.2 Å². The molecule has 1 saturated heterocycles. The summed E-state index contributed by atoms with van der Waals surface area (Å²) < 4.78 is 34.2. The van der Waals surface area contributed by atoms with Crippen LogP contribution < -0.4 is 0 Å². The maximum absolute atomic E-state index is 13.8. The van der Waals surface area contributed by atoms with Crippen LogP contribution in [0.2, 0.25) is 0 Å². The molecule has 1 aromatic carbocycles. The molecule has 0 bridgehead atoms. The number of carbonyl (C=O) groups is 1. The normalized spacial score (nSPS) is 15.6. The van der Waals surface area contributed by atoms with Crippen LogP contribution in [0.4, 0.5) is 8.78 Å². The van der Waals surface area contributed by atoms with E-state index in [9.17, 15) is 13.6 Å². The summed E-state index contributed by atoms with van der Waals surface area (Å²) in [6, 6.07) is 3.12. The summed E-state index contributed by atoms with van der Waals surface area (Å²) >= 11 is 0. The van der Waals surface area contributed by atoms with E-state index >= 15 is 0 Å². The fourth-order valence-corrected chi connectivity index (χ4v) is 3.12. The van der Waals surface area contributed by atoms with Crippen LogP contribution in [-0.2, 0) is 11.2 Å². The van der Waals surface area contributed by atoms with Crippen LogP contribution in [-0.4, -0.2) is 52.4 Å². The molecule has 0 spiro atoms. The van der Waals surface area contributed by atoms with E-state index in [1.165, 1.54) is 0 Å². The highest BCUT2D eigenvalue weighted by atomic mass is 19.1. The summed E-state index contributed by atoms with van der Waals surface area (Å²) in [5.74, 6) is -0.942. The zero-order valence-corrected chi connectivity index (χ0v) is 14.0. The van der Waals surface area contributed by atoms with Crippen molar-refractivity contribution in [2.24, 2.45) is 0 Å². The maximum Gasteiger partial charge on any atom is 0.256 e. The Bertz CT molecular complexity index is 742. The van der Waals surface area contributed by atoms with Gasteiger partial charge in [0.15, 0.2) is 0 Å². The third kappa shape index (κ3) is 3.84. The van der Waals surface area contributed by atoms with E-state index in [4.69, 9.17) is 4.74 Å². The number of amides is 1. The van der Waals surface area contributed by atoms with E-state index in [1.54, 1.807) is 18.3 Å². The van der Waals surface area contributed by atoms with Crippen LogP contribution in [0.15, 0.2) is 24.5 Å². The Hall–Kier alpha value is -2.35. The Morgan fingerprint density at radius 3 is 2.80 bits per heavy atom. The first kappa shape index (κ1) is 17.5. The van der Waals surface area contributed by atoms with Gasteiger partial charge in [-0.2, -0.15) is 0 Å². The van der Waals surface area contributed by atoms with Gasteiger partial charge in [-0.1, -0.05) is 0 Å². The standard InChI is InChI=1S/C17H20F2N4O2/c1-25-9-6-16-21-20-11-23(16)13-4-7-22(8-5-13)17(24)14-10-12(18)2-3-15(14)19/h2-3,10-11,13H,4-9H2,1H3. The van der Waals surface area contributed by atoms with Crippen molar-refractivity contribution < 1.29 is 18.3 Å². The summed E-state index contributed by atoms with van der Waals surface area (Å²) in [5.41, 5.74) is -0.219. The van der Waals surface area contributed by atoms with Gasteiger partial charge in [0.2, 0.25) is 0 Å². The fourth-order valence-electron chi connectivity index (χ4n) is 3.12. The number of aromatic nitrogens is 3. The van der Waals surface area contributed by atoms with Crippen molar-refractivity contribution in [3.05, 3.63) is 47.5 Å². The molecule has 0 N–H and O–H groups in total. The Balaban J connectivity index is 1.65. The lowest BCUT2D eigenvalue weighted by atomic mass is 10.0. The van der Waals surface area contributed by atoms with E-state index in [2.05, 4.69) is 10.2 Å². The Morgan fingerprint density at radius 2 is 2.08 bits per heavy atom. The number of halogens is 2. The summed E-state index contributed by atoms with van der Waals surface area (Å²) in [5, 5.41) is 8.07. The highest BCUT2D eigenvalue weighted by molar-refractivity contribution is 5.94. The van der Waals surface area contributed by atoms with Crippen molar-refractivity contribution in [3.63, 3.8) is 0 Å². The van der Waals surface area contributed by atoms with Crippen molar-refractivity contribution in [2.75, 3.05) is 26.8 Å². The van der Waals surface area contributed by atoms with E-state index in [-0.39, 0.29) is 11.6 Å². The predicted octanol–water partition coefficient (Wildman–Crippen LogP) is 2.22. The molecule has 3 rings (SSSR count). The van der Waals surface area contributed by atoms with Crippen LogP contribution in [0.1, 0.15) is 35.1 Å². The molecule has 0 saturated carbocycles. The second-order valence-corrected chi connectivity index (χ2v) is 6.04. The van der Waals surface area contributed by atoms with Crippen LogP contribution in [0.5, 0.6) is 0 Å². The van der Waals surface area contributed by atoms with E-state index < -0.39 is 17.5 Å². The van der Waals surface area contributed by atoms with Crippen molar-refractivity contribution >= 4 is 5.91 Å².